The standard InChI is InChI=1S/C19H20FNO6.ClH/c1-11(27-18(24)13-3-5-14(20)6-4-13)10-26-19(25)15(21)8-12-2-7-16(22)17(23)9-12;/h2-7,9,11,15,22-23H,8,10,21H2,1H3;1H/t11-,15+;/m1./s1. The lowest BCUT2D eigenvalue weighted by atomic mass is 10.1. The van der Waals surface area contributed by atoms with E-state index in [2.05, 4.69) is 0 Å². The Kier molecular flexibility index (Phi) is 8.69. The van der Waals surface area contributed by atoms with Crippen molar-refractivity contribution in [2.45, 2.75) is 25.5 Å². The highest BCUT2D eigenvalue weighted by molar-refractivity contribution is 5.89. The van der Waals surface area contributed by atoms with E-state index in [4.69, 9.17) is 15.2 Å². The summed E-state index contributed by atoms with van der Waals surface area (Å²) < 4.78 is 23.0. The summed E-state index contributed by atoms with van der Waals surface area (Å²) in [5.41, 5.74) is 6.49. The molecule has 0 unspecified atom stereocenters. The number of rotatable bonds is 7. The summed E-state index contributed by atoms with van der Waals surface area (Å²) in [6.07, 6.45) is -0.632. The summed E-state index contributed by atoms with van der Waals surface area (Å²) in [5, 5.41) is 18.7. The van der Waals surface area contributed by atoms with Crippen molar-refractivity contribution < 1.29 is 33.7 Å². The van der Waals surface area contributed by atoms with Crippen molar-refractivity contribution in [1.29, 1.82) is 0 Å². The number of benzene rings is 2. The third-order valence-electron chi connectivity index (χ3n) is 3.65. The Bertz CT molecular complexity index is 815. The molecule has 0 heterocycles. The van der Waals surface area contributed by atoms with Crippen LogP contribution in [0.25, 0.3) is 0 Å². The highest BCUT2D eigenvalue weighted by Gasteiger charge is 2.19. The maximum Gasteiger partial charge on any atom is 0.338 e. The number of phenols is 2. The molecule has 0 aromatic heterocycles. The number of esters is 2. The maximum atomic E-state index is 12.8. The molecule has 0 amide bonds. The van der Waals surface area contributed by atoms with Crippen LogP contribution in [0.1, 0.15) is 22.8 Å². The summed E-state index contributed by atoms with van der Waals surface area (Å²) in [6, 6.07) is 7.99. The fourth-order valence-corrected chi connectivity index (χ4v) is 2.21. The minimum Gasteiger partial charge on any atom is -0.504 e. The molecule has 0 aliphatic rings. The first-order chi connectivity index (χ1) is 12.8. The Hall–Kier alpha value is -2.84. The molecular formula is C19H21ClFNO6. The lowest BCUT2D eigenvalue weighted by Crippen LogP contribution is -2.36. The average Bonchev–Trinajstić information content (AvgIpc) is 2.63. The van der Waals surface area contributed by atoms with Gasteiger partial charge in [-0.25, -0.2) is 9.18 Å². The Morgan fingerprint density at radius 3 is 2.36 bits per heavy atom. The molecule has 0 radical (unpaired) electrons. The Morgan fingerprint density at radius 2 is 1.75 bits per heavy atom. The topological polar surface area (TPSA) is 119 Å². The molecule has 0 saturated carbocycles. The number of carbonyl (C=O) groups is 2. The summed E-state index contributed by atoms with van der Waals surface area (Å²) in [7, 11) is 0. The molecular weight excluding hydrogens is 393 g/mol. The molecule has 4 N–H and O–H groups in total. The number of halogens is 2. The van der Waals surface area contributed by atoms with Gasteiger partial charge in [-0.15, -0.1) is 12.4 Å². The number of aromatic hydroxyl groups is 2. The van der Waals surface area contributed by atoms with Gasteiger partial charge in [0.15, 0.2) is 11.5 Å². The molecule has 2 aromatic carbocycles. The number of carbonyl (C=O) groups excluding carboxylic acids is 2. The number of nitrogens with two attached hydrogens (primary N) is 1. The van der Waals surface area contributed by atoms with Gasteiger partial charge in [0, 0.05) is 0 Å². The van der Waals surface area contributed by atoms with Gasteiger partial charge in [0.05, 0.1) is 5.56 Å². The van der Waals surface area contributed by atoms with E-state index < -0.39 is 29.9 Å². The van der Waals surface area contributed by atoms with Crippen molar-refractivity contribution in [3.05, 3.63) is 59.4 Å². The number of hydrogen-bond acceptors (Lipinski definition) is 7. The van der Waals surface area contributed by atoms with Crippen LogP contribution in [-0.2, 0) is 20.7 Å². The van der Waals surface area contributed by atoms with Gasteiger partial charge in [0.25, 0.3) is 0 Å². The van der Waals surface area contributed by atoms with Crippen molar-refractivity contribution in [3.63, 3.8) is 0 Å². The Labute approximate surface area is 167 Å². The zero-order chi connectivity index (χ0) is 20.0. The van der Waals surface area contributed by atoms with E-state index in [1.165, 1.54) is 37.3 Å². The predicted octanol–water partition coefficient (Wildman–Crippen LogP) is 2.32. The van der Waals surface area contributed by atoms with E-state index in [1.54, 1.807) is 0 Å². The van der Waals surface area contributed by atoms with E-state index in [0.29, 0.717) is 5.56 Å². The second-order valence-electron chi connectivity index (χ2n) is 5.99. The third kappa shape index (κ3) is 6.71. The summed E-state index contributed by atoms with van der Waals surface area (Å²) in [6.45, 7) is 1.35. The fourth-order valence-electron chi connectivity index (χ4n) is 2.21. The minimum atomic E-state index is -0.992. The first kappa shape index (κ1) is 23.2. The molecule has 0 saturated heterocycles. The number of ether oxygens (including phenoxy) is 2. The van der Waals surface area contributed by atoms with Crippen molar-refractivity contribution >= 4 is 24.3 Å². The van der Waals surface area contributed by atoms with Crippen LogP contribution in [0.3, 0.4) is 0 Å². The average molecular weight is 414 g/mol. The van der Waals surface area contributed by atoms with Gasteiger partial charge in [0.1, 0.15) is 24.6 Å². The molecule has 9 heteroatoms. The second kappa shape index (κ2) is 10.5. The Morgan fingerprint density at radius 1 is 1.11 bits per heavy atom. The van der Waals surface area contributed by atoms with Crippen molar-refractivity contribution in [1.82, 2.24) is 0 Å². The number of phenolic OH excluding ortho intramolecular Hbond substituents is 2. The van der Waals surface area contributed by atoms with Crippen molar-refractivity contribution in [2.24, 2.45) is 5.73 Å². The van der Waals surface area contributed by atoms with Crippen molar-refractivity contribution in [3.8, 4) is 11.5 Å². The third-order valence-corrected chi connectivity index (χ3v) is 3.65. The fraction of sp³-hybridized carbons (Fsp3) is 0.263. The van der Waals surface area contributed by atoms with Crippen LogP contribution in [-0.4, -0.2) is 40.9 Å². The van der Waals surface area contributed by atoms with E-state index in [1.807, 2.05) is 0 Å². The molecule has 0 aliphatic heterocycles. The molecule has 7 nitrogen and oxygen atoms in total. The highest BCUT2D eigenvalue weighted by Crippen LogP contribution is 2.25. The van der Waals surface area contributed by atoms with Crippen LogP contribution in [0.4, 0.5) is 4.39 Å². The normalized spacial score (nSPS) is 12.4. The lowest BCUT2D eigenvalue weighted by molar-refractivity contribution is -0.148. The molecule has 2 atom stereocenters. The Balaban J connectivity index is 0.00000392. The molecule has 0 fully saturated rings. The van der Waals surface area contributed by atoms with Crippen molar-refractivity contribution in [2.75, 3.05) is 6.61 Å². The van der Waals surface area contributed by atoms with E-state index >= 15 is 0 Å². The monoisotopic (exact) mass is 413 g/mol. The zero-order valence-electron chi connectivity index (χ0n) is 15.0. The van der Waals surface area contributed by atoms with Gasteiger partial charge in [-0.1, -0.05) is 6.07 Å². The first-order valence-electron chi connectivity index (χ1n) is 8.16. The molecule has 2 rings (SSSR count). The van der Waals surface area contributed by atoms with E-state index in [-0.39, 0.29) is 42.5 Å². The van der Waals surface area contributed by atoms with Gasteiger partial charge in [-0.3, -0.25) is 4.79 Å². The maximum absolute atomic E-state index is 12.8. The zero-order valence-corrected chi connectivity index (χ0v) is 15.8. The SMILES string of the molecule is C[C@H](COC(=O)[C@@H](N)Cc1ccc(O)c(O)c1)OC(=O)c1ccc(F)cc1.Cl. The quantitative estimate of drug-likeness (QED) is 0.470. The van der Waals surface area contributed by atoms with Crippen LogP contribution in [0.15, 0.2) is 42.5 Å². The number of hydrogen-bond donors (Lipinski definition) is 3. The summed E-state index contributed by atoms with van der Waals surface area (Å²) >= 11 is 0. The molecule has 2 aromatic rings. The largest absolute Gasteiger partial charge is 0.504 e. The van der Waals surface area contributed by atoms with Gasteiger partial charge in [0.2, 0.25) is 0 Å². The minimum absolute atomic E-state index is 0. The van der Waals surface area contributed by atoms with Crippen LogP contribution in [0, 0.1) is 5.82 Å². The first-order valence-corrected chi connectivity index (χ1v) is 8.16. The van der Waals surface area contributed by atoms with Gasteiger partial charge in [-0.05, 0) is 55.3 Å². The van der Waals surface area contributed by atoms with E-state index in [9.17, 15) is 24.2 Å². The second-order valence-corrected chi connectivity index (χ2v) is 5.99. The van der Waals surface area contributed by atoms with Gasteiger partial charge >= 0.3 is 11.9 Å². The molecule has 152 valence electrons. The van der Waals surface area contributed by atoms with E-state index in [0.717, 1.165) is 12.1 Å². The summed E-state index contributed by atoms with van der Waals surface area (Å²) in [5.74, 6) is -2.42. The van der Waals surface area contributed by atoms with Gasteiger partial charge in [-0.2, -0.15) is 0 Å². The molecule has 0 spiro atoms. The molecule has 28 heavy (non-hydrogen) atoms. The van der Waals surface area contributed by atoms with Crippen LogP contribution >= 0.6 is 12.4 Å². The lowest BCUT2D eigenvalue weighted by Gasteiger charge is -2.16. The molecule has 0 aliphatic carbocycles. The highest BCUT2D eigenvalue weighted by atomic mass is 35.5. The van der Waals surface area contributed by atoms with Crippen LogP contribution < -0.4 is 5.73 Å². The molecule has 0 bridgehead atoms. The van der Waals surface area contributed by atoms with Crippen LogP contribution in [0.5, 0.6) is 11.5 Å². The smallest absolute Gasteiger partial charge is 0.338 e. The van der Waals surface area contributed by atoms with Gasteiger partial charge < -0.3 is 25.4 Å². The summed E-state index contributed by atoms with van der Waals surface area (Å²) in [4.78, 5) is 23.8. The predicted molar refractivity (Wildman–Crippen MR) is 101 cm³/mol. The van der Waals surface area contributed by atoms with Crippen LogP contribution in [0.2, 0.25) is 0 Å².